The van der Waals surface area contributed by atoms with Gasteiger partial charge in [0.05, 0.1) is 31.8 Å². The van der Waals surface area contributed by atoms with Crippen molar-refractivity contribution in [3.8, 4) is 11.5 Å². The minimum absolute atomic E-state index is 0.101. The van der Waals surface area contributed by atoms with E-state index in [-0.39, 0.29) is 11.8 Å². The minimum Gasteiger partial charge on any atom is -0.497 e. The number of carbonyl (C=O) groups is 1. The maximum absolute atomic E-state index is 12.3. The molecule has 1 aliphatic rings. The molecule has 1 aliphatic carbocycles. The lowest BCUT2D eigenvalue weighted by Crippen LogP contribution is -2.24. The minimum atomic E-state index is 0.101. The van der Waals surface area contributed by atoms with Gasteiger partial charge in [-0.05, 0) is 37.1 Å². The molecule has 3 rings (SSSR count). The van der Waals surface area contributed by atoms with E-state index in [0.29, 0.717) is 17.3 Å². The number of aromatic nitrogens is 1. The summed E-state index contributed by atoms with van der Waals surface area (Å²) in [7, 11) is 3.22. The molecular weight excluding hydrogens is 330 g/mol. The summed E-state index contributed by atoms with van der Waals surface area (Å²) in [6.07, 6.45) is 7.15. The highest BCUT2D eigenvalue weighted by atomic mass is 16.5. The Balaban J connectivity index is 1.63. The van der Waals surface area contributed by atoms with Crippen molar-refractivity contribution < 1.29 is 14.3 Å². The molecule has 0 saturated heterocycles. The first-order valence-electron chi connectivity index (χ1n) is 8.95. The van der Waals surface area contributed by atoms with E-state index in [1.165, 1.54) is 6.42 Å². The summed E-state index contributed by atoms with van der Waals surface area (Å²) in [5.74, 6) is 2.29. The van der Waals surface area contributed by atoms with E-state index in [1.54, 1.807) is 26.5 Å². The van der Waals surface area contributed by atoms with Gasteiger partial charge in [-0.25, -0.2) is 4.98 Å². The predicted molar refractivity (Wildman–Crippen MR) is 102 cm³/mol. The molecule has 0 atom stereocenters. The summed E-state index contributed by atoms with van der Waals surface area (Å²) < 4.78 is 10.6. The maximum Gasteiger partial charge on any atom is 0.227 e. The standard InChI is InChI=1S/C20H25N3O3/c1-25-16-9-10-17(18(12-16)26-2)23-19-11-8-15(13-21-19)22-20(24)14-6-4-3-5-7-14/h8-14H,3-7H2,1-2H3,(H,21,23)(H,22,24). The van der Waals surface area contributed by atoms with Gasteiger partial charge in [0.1, 0.15) is 17.3 Å². The summed E-state index contributed by atoms with van der Waals surface area (Å²) in [5, 5.41) is 6.18. The smallest absolute Gasteiger partial charge is 0.227 e. The van der Waals surface area contributed by atoms with Crippen LogP contribution in [0.3, 0.4) is 0 Å². The molecule has 1 amide bonds. The first-order valence-corrected chi connectivity index (χ1v) is 8.95. The number of nitrogens with one attached hydrogen (secondary N) is 2. The fraction of sp³-hybridized carbons (Fsp3) is 0.400. The van der Waals surface area contributed by atoms with Crippen LogP contribution in [0.2, 0.25) is 0 Å². The molecule has 0 unspecified atom stereocenters. The molecule has 0 bridgehead atoms. The molecule has 6 heteroatoms. The van der Waals surface area contributed by atoms with Gasteiger partial charge < -0.3 is 20.1 Å². The van der Waals surface area contributed by atoms with Gasteiger partial charge in [-0.15, -0.1) is 0 Å². The van der Waals surface area contributed by atoms with Crippen molar-refractivity contribution in [1.29, 1.82) is 0 Å². The first-order chi connectivity index (χ1) is 12.7. The number of pyridine rings is 1. The number of hydrogen-bond donors (Lipinski definition) is 2. The van der Waals surface area contributed by atoms with Crippen molar-refractivity contribution in [2.45, 2.75) is 32.1 Å². The molecule has 26 heavy (non-hydrogen) atoms. The van der Waals surface area contributed by atoms with E-state index in [0.717, 1.165) is 37.1 Å². The Morgan fingerprint density at radius 2 is 1.88 bits per heavy atom. The molecule has 2 aromatic rings. The molecule has 1 fully saturated rings. The van der Waals surface area contributed by atoms with Crippen molar-refractivity contribution in [2.75, 3.05) is 24.9 Å². The van der Waals surface area contributed by atoms with Gasteiger partial charge in [-0.1, -0.05) is 19.3 Å². The summed E-state index contributed by atoms with van der Waals surface area (Å²) in [6, 6.07) is 9.22. The number of rotatable bonds is 6. The summed E-state index contributed by atoms with van der Waals surface area (Å²) >= 11 is 0. The summed E-state index contributed by atoms with van der Waals surface area (Å²) in [5.41, 5.74) is 1.51. The Morgan fingerprint density at radius 1 is 1.08 bits per heavy atom. The van der Waals surface area contributed by atoms with Crippen LogP contribution in [0, 0.1) is 5.92 Å². The van der Waals surface area contributed by atoms with Gasteiger partial charge in [-0.3, -0.25) is 4.79 Å². The molecular formula is C20H25N3O3. The van der Waals surface area contributed by atoms with Crippen LogP contribution >= 0.6 is 0 Å². The van der Waals surface area contributed by atoms with Gasteiger partial charge >= 0.3 is 0 Å². The van der Waals surface area contributed by atoms with Crippen LogP contribution in [0.25, 0.3) is 0 Å². The zero-order valence-electron chi connectivity index (χ0n) is 15.2. The Hall–Kier alpha value is -2.76. The van der Waals surface area contributed by atoms with E-state index >= 15 is 0 Å². The van der Waals surface area contributed by atoms with Gasteiger partial charge in [0.15, 0.2) is 0 Å². The van der Waals surface area contributed by atoms with Crippen molar-refractivity contribution >= 4 is 23.1 Å². The Labute approximate surface area is 153 Å². The molecule has 6 nitrogen and oxygen atoms in total. The highest BCUT2D eigenvalue weighted by Crippen LogP contribution is 2.31. The SMILES string of the molecule is COc1ccc(Nc2ccc(NC(=O)C3CCCCC3)cn2)c(OC)c1. The number of hydrogen-bond acceptors (Lipinski definition) is 5. The average Bonchev–Trinajstić information content (AvgIpc) is 2.70. The number of benzene rings is 1. The van der Waals surface area contributed by atoms with E-state index in [2.05, 4.69) is 15.6 Å². The highest BCUT2D eigenvalue weighted by Gasteiger charge is 2.21. The number of anilines is 3. The van der Waals surface area contributed by atoms with Crippen LogP contribution < -0.4 is 20.1 Å². The van der Waals surface area contributed by atoms with Gasteiger partial charge in [0.25, 0.3) is 0 Å². The molecule has 0 aliphatic heterocycles. The molecule has 1 aromatic heterocycles. The molecule has 0 spiro atoms. The van der Waals surface area contributed by atoms with Crippen LogP contribution in [0.4, 0.5) is 17.2 Å². The van der Waals surface area contributed by atoms with Crippen molar-refractivity contribution in [3.05, 3.63) is 36.5 Å². The van der Waals surface area contributed by atoms with E-state index in [4.69, 9.17) is 9.47 Å². The second kappa shape index (κ2) is 8.56. The van der Waals surface area contributed by atoms with Crippen molar-refractivity contribution in [2.24, 2.45) is 5.92 Å². The Bertz CT molecular complexity index is 740. The number of methoxy groups -OCH3 is 2. The monoisotopic (exact) mass is 355 g/mol. The fourth-order valence-electron chi connectivity index (χ4n) is 3.19. The highest BCUT2D eigenvalue weighted by molar-refractivity contribution is 5.92. The quantitative estimate of drug-likeness (QED) is 0.805. The average molecular weight is 355 g/mol. The molecule has 1 saturated carbocycles. The third kappa shape index (κ3) is 4.45. The maximum atomic E-state index is 12.3. The number of carbonyl (C=O) groups excluding carboxylic acids is 1. The molecule has 1 heterocycles. The number of amides is 1. The van der Waals surface area contributed by atoms with Crippen molar-refractivity contribution in [1.82, 2.24) is 4.98 Å². The summed E-state index contributed by atoms with van der Waals surface area (Å²) in [4.78, 5) is 16.7. The topological polar surface area (TPSA) is 72.5 Å². The van der Waals surface area contributed by atoms with Crippen molar-refractivity contribution in [3.63, 3.8) is 0 Å². The zero-order valence-corrected chi connectivity index (χ0v) is 15.2. The molecule has 138 valence electrons. The number of ether oxygens (including phenoxy) is 2. The predicted octanol–water partition coefficient (Wildman–Crippen LogP) is 4.36. The molecule has 1 aromatic carbocycles. The third-order valence-electron chi connectivity index (χ3n) is 4.68. The third-order valence-corrected chi connectivity index (χ3v) is 4.68. The Morgan fingerprint density at radius 3 is 2.54 bits per heavy atom. The molecule has 2 N–H and O–H groups in total. The normalized spacial score (nSPS) is 14.5. The molecule has 0 radical (unpaired) electrons. The fourth-order valence-corrected chi connectivity index (χ4v) is 3.19. The van der Waals surface area contributed by atoms with E-state index < -0.39 is 0 Å². The lowest BCUT2D eigenvalue weighted by atomic mass is 9.88. The van der Waals surface area contributed by atoms with Crippen LogP contribution in [0.5, 0.6) is 11.5 Å². The van der Waals surface area contributed by atoms with Gasteiger partial charge in [-0.2, -0.15) is 0 Å². The second-order valence-corrected chi connectivity index (χ2v) is 6.45. The zero-order chi connectivity index (χ0) is 18.4. The Kier molecular flexibility index (Phi) is 5.94. The van der Waals surface area contributed by atoms with E-state index in [9.17, 15) is 4.79 Å². The summed E-state index contributed by atoms with van der Waals surface area (Å²) in [6.45, 7) is 0. The van der Waals surface area contributed by atoms with Crippen LogP contribution in [-0.2, 0) is 4.79 Å². The van der Waals surface area contributed by atoms with Gasteiger partial charge in [0, 0.05) is 12.0 Å². The largest absolute Gasteiger partial charge is 0.497 e. The second-order valence-electron chi connectivity index (χ2n) is 6.45. The lowest BCUT2D eigenvalue weighted by Gasteiger charge is -2.20. The van der Waals surface area contributed by atoms with Gasteiger partial charge in [0.2, 0.25) is 5.91 Å². The van der Waals surface area contributed by atoms with Crippen LogP contribution in [-0.4, -0.2) is 25.1 Å². The van der Waals surface area contributed by atoms with Crippen LogP contribution in [0.15, 0.2) is 36.5 Å². The lowest BCUT2D eigenvalue weighted by molar-refractivity contribution is -0.120. The first kappa shape index (κ1) is 18.0. The van der Waals surface area contributed by atoms with Crippen LogP contribution in [0.1, 0.15) is 32.1 Å². The van der Waals surface area contributed by atoms with E-state index in [1.807, 2.05) is 24.3 Å². The number of nitrogens with zero attached hydrogens (tertiary/aromatic N) is 1.